The van der Waals surface area contributed by atoms with Gasteiger partial charge in [0, 0.05) is 37.4 Å². The van der Waals surface area contributed by atoms with Crippen molar-refractivity contribution in [2.75, 3.05) is 6.61 Å². The van der Waals surface area contributed by atoms with Gasteiger partial charge < -0.3 is 9.63 Å². The van der Waals surface area contributed by atoms with Crippen molar-refractivity contribution in [1.82, 2.24) is 19.8 Å². The monoisotopic (exact) mass is 276 g/mol. The van der Waals surface area contributed by atoms with E-state index < -0.39 is 0 Å². The zero-order valence-electron chi connectivity index (χ0n) is 11.9. The molecular weight excluding hydrogens is 256 g/mol. The predicted octanol–water partition coefficient (Wildman–Crippen LogP) is 1.25. The van der Waals surface area contributed by atoms with Crippen molar-refractivity contribution >= 4 is 0 Å². The first kappa shape index (κ1) is 13.3. The molecule has 6 nitrogen and oxygen atoms in total. The summed E-state index contributed by atoms with van der Waals surface area (Å²) in [6.07, 6.45) is 2.73. The summed E-state index contributed by atoms with van der Waals surface area (Å²) in [5.41, 5.74) is 3.24. The molecule has 3 rings (SSSR count). The van der Waals surface area contributed by atoms with Crippen molar-refractivity contribution in [2.24, 2.45) is 0 Å². The lowest BCUT2D eigenvalue weighted by atomic mass is 10.1. The highest BCUT2D eigenvalue weighted by Gasteiger charge is 2.25. The Hall–Kier alpha value is -1.66. The Balaban J connectivity index is 1.85. The second kappa shape index (κ2) is 5.38. The van der Waals surface area contributed by atoms with E-state index in [1.54, 1.807) is 0 Å². The van der Waals surface area contributed by atoms with E-state index in [1.807, 2.05) is 30.8 Å². The van der Waals surface area contributed by atoms with E-state index in [9.17, 15) is 5.11 Å². The lowest BCUT2D eigenvalue weighted by molar-refractivity contribution is 0.107. The zero-order valence-corrected chi connectivity index (χ0v) is 11.9. The van der Waals surface area contributed by atoms with E-state index in [0.717, 1.165) is 43.1 Å². The molecule has 1 aliphatic rings. The van der Waals surface area contributed by atoms with Crippen LogP contribution in [0.2, 0.25) is 0 Å². The normalized spacial score (nSPS) is 19.9. The smallest absolute Gasteiger partial charge is 0.138 e. The average Bonchev–Trinajstić information content (AvgIpc) is 2.96. The van der Waals surface area contributed by atoms with Crippen LogP contribution in [0.4, 0.5) is 0 Å². The Morgan fingerprint density at radius 3 is 3.00 bits per heavy atom. The highest BCUT2D eigenvalue weighted by molar-refractivity contribution is 5.21. The second-order valence-corrected chi connectivity index (χ2v) is 5.38. The lowest BCUT2D eigenvalue weighted by Gasteiger charge is -2.27. The van der Waals surface area contributed by atoms with Crippen molar-refractivity contribution < 1.29 is 9.63 Å². The fourth-order valence-corrected chi connectivity index (χ4v) is 2.81. The van der Waals surface area contributed by atoms with Gasteiger partial charge in [-0.1, -0.05) is 5.16 Å². The van der Waals surface area contributed by atoms with Crippen molar-refractivity contribution in [1.29, 1.82) is 0 Å². The van der Waals surface area contributed by atoms with Gasteiger partial charge in [0.2, 0.25) is 0 Å². The van der Waals surface area contributed by atoms with Crippen molar-refractivity contribution in [3.05, 3.63) is 35.0 Å². The van der Waals surface area contributed by atoms with Crippen LogP contribution in [0.25, 0.3) is 0 Å². The van der Waals surface area contributed by atoms with Crippen LogP contribution in [-0.4, -0.2) is 37.6 Å². The molecule has 0 spiro atoms. The number of aromatic nitrogens is 3. The first-order chi connectivity index (χ1) is 9.69. The minimum Gasteiger partial charge on any atom is -0.395 e. The first-order valence-electron chi connectivity index (χ1n) is 6.96. The molecule has 2 aromatic heterocycles. The molecule has 1 N–H and O–H groups in total. The number of aryl methyl sites for hydroxylation is 3. The quantitative estimate of drug-likeness (QED) is 0.914. The Morgan fingerprint density at radius 1 is 1.45 bits per heavy atom. The van der Waals surface area contributed by atoms with Gasteiger partial charge in [-0.15, -0.1) is 0 Å². The van der Waals surface area contributed by atoms with Gasteiger partial charge in [0.05, 0.1) is 18.0 Å². The van der Waals surface area contributed by atoms with Crippen LogP contribution in [0, 0.1) is 13.8 Å². The largest absolute Gasteiger partial charge is 0.395 e. The molecule has 0 saturated carbocycles. The summed E-state index contributed by atoms with van der Waals surface area (Å²) >= 11 is 0. The summed E-state index contributed by atoms with van der Waals surface area (Å²) in [6.45, 7) is 6.44. The molecule has 0 amide bonds. The van der Waals surface area contributed by atoms with Crippen LogP contribution >= 0.6 is 0 Å². The van der Waals surface area contributed by atoms with Crippen LogP contribution in [0.15, 0.2) is 16.8 Å². The maximum Gasteiger partial charge on any atom is 0.138 e. The molecule has 0 fully saturated rings. The maximum absolute atomic E-state index is 9.66. The van der Waals surface area contributed by atoms with E-state index in [2.05, 4.69) is 15.2 Å². The molecule has 2 aromatic rings. The summed E-state index contributed by atoms with van der Waals surface area (Å²) in [4.78, 5) is 2.28. The third-order valence-corrected chi connectivity index (χ3v) is 4.11. The van der Waals surface area contributed by atoms with Gasteiger partial charge in [-0.05, 0) is 26.3 Å². The van der Waals surface area contributed by atoms with E-state index in [1.165, 1.54) is 5.69 Å². The fourth-order valence-electron chi connectivity index (χ4n) is 2.81. The number of nitrogens with zero attached hydrogens (tertiary/aromatic N) is 4. The number of rotatable bonds is 3. The number of hydrogen-bond donors (Lipinski definition) is 1. The van der Waals surface area contributed by atoms with Gasteiger partial charge in [0.15, 0.2) is 0 Å². The van der Waals surface area contributed by atoms with Crippen molar-refractivity contribution in [2.45, 2.75) is 45.9 Å². The van der Waals surface area contributed by atoms with Crippen LogP contribution in [0.1, 0.15) is 29.1 Å². The topological polar surface area (TPSA) is 67.3 Å². The Kier molecular flexibility index (Phi) is 3.58. The minimum absolute atomic E-state index is 0.144. The van der Waals surface area contributed by atoms with Crippen LogP contribution in [-0.2, 0) is 19.6 Å². The van der Waals surface area contributed by atoms with Crippen molar-refractivity contribution in [3.8, 4) is 0 Å². The van der Waals surface area contributed by atoms with E-state index in [-0.39, 0.29) is 12.6 Å². The maximum atomic E-state index is 9.66. The second-order valence-electron chi connectivity index (χ2n) is 5.38. The third kappa shape index (κ3) is 2.36. The molecule has 0 saturated heterocycles. The summed E-state index contributed by atoms with van der Waals surface area (Å²) in [6, 6.07) is 2.19. The zero-order chi connectivity index (χ0) is 14.1. The van der Waals surface area contributed by atoms with Gasteiger partial charge in [-0.2, -0.15) is 5.10 Å². The number of fused-ring (bicyclic) bond motifs is 1. The lowest BCUT2D eigenvalue weighted by Crippen LogP contribution is -2.36. The molecule has 1 atom stereocenters. The molecule has 1 aliphatic heterocycles. The highest BCUT2D eigenvalue weighted by Crippen LogP contribution is 2.22. The van der Waals surface area contributed by atoms with Gasteiger partial charge in [-0.25, -0.2) is 0 Å². The standard InChI is InChI=1S/C14H20N4O2/c1-10-14(11(2)20-16-10)8-17-7-12-3-5-15-18(12)6-4-13(17)9-19/h3,5,13,19H,4,6-9H2,1-2H3. The Morgan fingerprint density at radius 2 is 2.30 bits per heavy atom. The summed E-state index contributed by atoms with van der Waals surface area (Å²) in [5, 5.41) is 18.0. The molecule has 0 aliphatic carbocycles. The number of aliphatic hydroxyl groups excluding tert-OH is 1. The van der Waals surface area contributed by atoms with E-state index >= 15 is 0 Å². The molecule has 108 valence electrons. The van der Waals surface area contributed by atoms with E-state index in [0.29, 0.717) is 0 Å². The van der Waals surface area contributed by atoms with Crippen LogP contribution < -0.4 is 0 Å². The molecule has 20 heavy (non-hydrogen) atoms. The van der Waals surface area contributed by atoms with Gasteiger partial charge in [0.25, 0.3) is 0 Å². The SMILES string of the molecule is Cc1noc(C)c1CN1Cc2ccnn2CCC1CO. The molecule has 3 heterocycles. The molecule has 0 bridgehead atoms. The molecule has 0 radical (unpaired) electrons. The average molecular weight is 276 g/mol. The van der Waals surface area contributed by atoms with Gasteiger partial charge in [0.1, 0.15) is 5.76 Å². The van der Waals surface area contributed by atoms with Gasteiger partial charge >= 0.3 is 0 Å². The predicted molar refractivity (Wildman–Crippen MR) is 72.9 cm³/mol. The number of hydrogen-bond acceptors (Lipinski definition) is 5. The van der Waals surface area contributed by atoms with E-state index in [4.69, 9.17) is 4.52 Å². The highest BCUT2D eigenvalue weighted by atomic mass is 16.5. The Bertz CT molecular complexity index is 570. The Labute approximate surface area is 118 Å². The van der Waals surface area contributed by atoms with Crippen LogP contribution in [0.3, 0.4) is 0 Å². The molecule has 0 aromatic carbocycles. The third-order valence-electron chi connectivity index (χ3n) is 4.11. The molecular formula is C14H20N4O2. The molecule has 1 unspecified atom stereocenters. The summed E-state index contributed by atoms with van der Waals surface area (Å²) in [7, 11) is 0. The van der Waals surface area contributed by atoms with Gasteiger partial charge in [-0.3, -0.25) is 9.58 Å². The first-order valence-corrected chi connectivity index (χ1v) is 6.96. The summed E-state index contributed by atoms with van der Waals surface area (Å²) in [5.74, 6) is 0.858. The molecule has 6 heteroatoms. The summed E-state index contributed by atoms with van der Waals surface area (Å²) < 4.78 is 7.26. The fraction of sp³-hybridized carbons (Fsp3) is 0.571. The number of aliphatic hydroxyl groups is 1. The van der Waals surface area contributed by atoms with Crippen LogP contribution in [0.5, 0.6) is 0 Å². The minimum atomic E-state index is 0.144. The van der Waals surface area contributed by atoms with Crippen molar-refractivity contribution in [3.63, 3.8) is 0 Å².